The van der Waals surface area contributed by atoms with Crippen LogP contribution in [0.1, 0.15) is 36.0 Å². The molecular formula is C24H29N7OS2. The maximum atomic E-state index is 13.1. The van der Waals surface area contributed by atoms with Crippen molar-refractivity contribution in [1.29, 1.82) is 0 Å². The van der Waals surface area contributed by atoms with Crippen LogP contribution in [0, 0.1) is 5.41 Å². The number of rotatable bonds is 6. The van der Waals surface area contributed by atoms with Gasteiger partial charge in [-0.15, -0.1) is 11.8 Å². The Morgan fingerprint density at radius 1 is 1.21 bits per heavy atom. The smallest absolute Gasteiger partial charge is 0.253 e. The topological polar surface area (TPSA) is 95.1 Å². The summed E-state index contributed by atoms with van der Waals surface area (Å²) >= 11 is 3.28. The largest absolute Gasteiger partial charge is 0.359 e. The van der Waals surface area contributed by atoms with E-state index in [0.29, 0.717) is 23.4 Å². The Balaban J connectivity index is 1.07. The summed E-state index contributed by atoms with van der Waals surface area (Å²) in [6.07, 6.45) is 9.99. The fourth-order valence-corrected chi connectivity index (χ4v) is 6.57. The van der Waals surface area contributed by atoms with Crippen LogP contribution in [0.25, 0.3) is 10.2 Å². The van der Waals surface area contributed by atoms with Gasteiger partial charge in [-0.3, -0.25) is 4.79 Å². The van der Waals surface area contributed by atoms with E-state index in [-0.39, 0.29) is 5.91 Å². The van der Waals surface area contributed by atoms with Crippen molar-refractivity contribution in [2.75, 3.05) is 43.1 Å². The number of thiazole rings is 1. The number of carbonyl (C=O) groups is 1. The monoisotopic (exact) mass is 495 g/mol. The number of anilines is 2. The molecule has 0 bridgehead atoms. The maximum Gasteiger partial charge on any atom is 0.253 e. The zero-order valence-electron chi connectivity index (χ0n) is 19.2. The first kappa shape index (κ1) is 22.1. The summed E-state index contributed by atoms with van der Waals surface area (Å²) in [6.45, 7) is 3.80. The predicted molar refractivity (Wildman–Crippen MR) is 138 cm³/mol. The molecule has 2 aromatic heterocycles. The van der Waals surface area contributed by atoms with E-state index in [0.717, 1.165) is 77.7 Å². The predicted octanol–water partition coefficient (Wildman–Crippen LogP) is 3.69. The highest BCUT2D eigenvalue weighted by Crippen LogP contribution is 2.35. The number of hydrogen-bond donors (Lipinski definition) is 3. The quantitative estimate of drug-likeness (QED) is 0.446. The first-order chi connectivity index (χ1) is 16.6. The summed E-state index contributed by atoms with van der Waals surface area (Å²) in [5.74, 6) is 0.837. The van der Waals surface area contributed by atoms with E-state index in [1.807, 2.05) is 41.7 Å². The average Bonchev–Trinajstić information content (AvgIpc) is 3.56. The molecule has 3 aliphatic rings. The molecule has 6 rings (SSSR count). The minimum Gasteiger partial charge on any atom is -0.359 e. The lowest BCUT2D eigenvalue weighted by atomic mass is 9.81. The third-order valence-electron chi connectivity index (χ3n) is 7.32. The molecule has 1 amide bonds. The van der Waals surface area contributed by atoms with E-state index < -0.39 is 0 Å². The third kappa shape index (κ3) is 4.34. The standard InChI is InChI=1S/C24H29N7OS2/c1-33-18-10-26-22(27-11-18)28-16-3-4-17(9-16)29-23-30-19-5-2-15(8-20(19)34-23)21(32)31-7-6-24(14-31)12-25-13-24/h2,5,8,10-11,16-17,25H,3-4,6-7,9,12-14H2,1H3,(H,29,30)(H,26,27,28)/t16-,17-/m0/s1. The van der Waals surface area contributed by atoms with Gasteiger partial charge in [-0.2, -0.15) is 0 Å². The fraction of sp³-hybridized carbons (Fsp3) is 0.500. The number of thioether (sulfide) groups is 1. The normalized spacial score (nSPS) is 23.4. The summed E-state index contributed by atoms with van der Waals surface area (Å²) in [6, 6.07) is 6.64. The minimum atomic E-state index is 0.145. The minimum absolute atomic E-state index is 0.145. The van der Waals surface area contributed by atoms with Crippen molar-refractivity contribution >= 4 is 50.3 Å². The summed E-state index contributed by atoms with van der Waals surface area (Å²) in [7, 11) is 0. The first-order valence-corrected chi connectivity index (χ1v) is 13.9. The lowest BCUT2D eigenvalue weighted by molar-refractivity contribution is 0.0752. The molecule has 4 heterocycles. The van der Waals surface area contributed by atoms with Crippen molar-refractivity contribution in [3.05, 3.63) is 36.2 Å². The van der Waals surface area contributed by atoms with Crippen molar-refractivity contribution in [2.45, 2.75) is 42.7 Å². The Hall–Kier alpha value is -2.43. The van der Waals surface area contributed by atoms with Gasteiger partial charge in [0.2, 0.25) is 5.95 Å². The summed E-state index contributed by atoms with van der Waals surface area (Å²) in [4.78, 5) is 29.8. The molecular weight excluding hydrogens is 466 g/mol. The maximum absolute atomic E-state index is 13.1. The van der Waals surface area contributed by atoms with Crippen LogP contribution in [0.3, 0.4) is 0 Å². The zero-order chi connectivity index (χ0) is 23.1. The number of hydrogen-bond acceptors (Lipinski definition) is 9. The van der Waals surface area contributed by atoms with Gasteiger partial charge in [0.05, 0.1) is 10.2 Å². The van der Waals surface area contributed by atoms with Crippen molar-refractivity contribution in [3.8, 4) is 0 Å². The summed E-state index contributed by atoms with van der Waals surface area (Å²) in [5.41, 5.74) is 2.03. The molecule has 0 radical (unpaired) electrons. The second kappa shape index (κ2) is 8.98. The van der Waals surface area contributed by atoms with Crippen molar-refractivity contribution in [2.24, 2.45) is 5.41 Å². The average molecular weight is 496 g/mol. The molecule has 10 heteroatoms. The Morgan fingerprint density at radius 3 is 2.71 bits per heavy atom. The Bertz CT molecular complexity index is 1190. The van der Waals surface area contributed by atoms with Crippen molar-refractivity contribution in [3.63, 3.8) is 0 Å². The van der Waals surface area contributed by atoms with E-state index in [4.69, 9.17) is 4.98 Å². The number of fused-ring (bicyclic) bond motifs is 1. The molecule has 3 aromatic rings. The molecule has 34 heavy (non-hydrogen) atoms. The number of carbonyl (C=O) groups excluding carboxylic acids is 1. The van der Waals surface area contributed by atoms with Crippen LogP contribution < -0.4 is 16.0 Å². The number of aromatic nitrogens is 3. The second-order valence-electron chi connectivity index (χ2n) is 9.72. The van der Waals surface area contributed by atoms with E-state index in [2.05, 4.69) is 25.9 Å². The molecule has 1 aromatic carbocycles. The molecule has 2 atom stereocenters. The fourth-order valence-electron chi connectivity index (χ4n) is 5.27. The second-order valence-corrected chi connectivity index (χ2v) is 11.6. The lowest BCUT2D eigenvalue weighted by Crippen LogP contribution is -2.55. The van der Waals surface area contributed by atoms with Gasteiger partial charge in [-0.1, -0.05) is 11.3 Å². The molecule has 0 unspecified atom stereocenters. The third-order valence-corrected chi connectivity index (χ3v) is 8.95. The van der Waals surface area contributed by atoms with Crippen molar-refractivity contribution in [1.82, 2.24) is 25.2 Å². The van der Waals surface area contributed by atoms with E-state index in [9.17, 15) is 4.79 Å². The van der Waals surface area contributed by atoms with Crippen LogP contribution in [0.2, 0.25) is 0 Å². The first-order valence-electron chi connectivity index (χ1n) is 11.9. The van der Waals surface area contributed by atoms with Gasteiger partial charge in [0.25, 0.3) is 5.91 Å². The van der Waals surface area contributed by atoms with Crippen LogP contribution in [0.4, 0.5) is 11.1 Å². The summed E-state index contributed by atoms with van der Waals surface area (Å²) in [5, 5.41) is 11.4. The molecule has 2 saturated heterocycles. The van der Waals surface area contributed by atoms with Crippen LogP contribution in [-0.4, -0.2) is 70.3 Å². The SMILES string of the molecule is CSc1cnc(N[C@H]2CC[C@H](Nc3nc4ccc(C(=O)N5CCC6(CNC6)C5)cc4s3)C2)nc1. The Labute approximate surface area is 207 Å². The molecule has 1 saturated carbocycles. The molecule has 3 fully saturated rings. The van der Waals surface area contributed by atoms with Crippen molar-refractivity contribution < 1.29 is 4.79 Å². The number of amides is 1. The van der Waals surface area contributed by atoms with Gasteiger partial charge in [0.1, 0.15) is 0 Å². The molecule has 3 N–H and O–H groups in total. The van der Waals surface area contributed by atoms with Gasteiger partial charge in [-0.05, 0) is 50.1 Å². The number of likely N-dealkylation sites (tertiary alicyclic amines) is 1. The number of benzene rings is 1. The van der Waals surface area contributed by atoms with Gasteiger partial charge in [-0.25, -0.2) is 15.0 Å². The van der Waals surface area contributed by atoms with Crippen LogP contribution in [0.15, 0.2) is 35.5 Å². The molecule has 1 spiro atoms. The van der Waals surface area contributed by atoms with Crippen LogP contribution in [0.5, 0.6) is 0 Å². The van der Waals surface area contributed by atoms with Gasteiger partial charge < -0.3 is 20.9 Å². The molecule has 8 nitrogen and oxygen atoms in total. The molecule has 178 valence electrons. The Morgan fingerprint density at radius 2 is 2.00 bits per heavy atom. The Kier molecular flexibility index (Phi) is 5.82. The molecule has 1 aliphatic carbocycles. The van der Waals surface area contributed by atoms with E-state index in [1.54, 1.807) is 23.1 Å². The summed E-state index contributed by atoms with van der Waals surface area (Å²) < 4.78 is 1.06. The lowest BCUT2D eigenvalue weighted by Gasteiger charge is -2.38. The van der Waals surface area contributed by atoms with Gasteiger partial charge in [0, 0.05) is 66.5 Å². The van der Waals surface area contributed by atoms with E-state index in [1.165, 1.54) is 0 Å². The number of nitrogens with zero attached hydrogens (tertiary/aromatic N) is 4. The number of nitrogens with one attached hydrogen (secondary N) is 3. The highest BCUT2D eigenvalue weighted by molar-refractivity contribution is 7.98. The van der Waals surface area contributed by atoms with Crippen LogP contribution >= 0.6 is 23.1 Å². The molecule has 2 aliphatic heterocycles. The van der Waals surface area contributed by atoms with Crippen LogP contribution in [-0.2, 0) is 0 Å². The van der Waals surface area contributed by atoms with E-state index >= 15 is 0 Å². The zero-order valence-corrected chi connectivity index (χ0v) is 20.8. The highest BCUT2D eigenvalue weighted by atomic mass is 32.2. The highest BCUT2D eigenvalue weighted by Gasteiger charge is 2.44. The van der Waals surface area contributed by atoms with Gasteiger partial charge in [0.15, 0.2) is 5.13 Å². The van der Waals surface area contributed by atoms with Gasteiger partial charge >= 0.3 is 0 Å².